The number of hydrogen-bond acceptors (Lipinski definition) is 5. The molecule has 27 heavy (non-hydrogen) atoms. The average molecular weight is 382 g/mol. The molecule has 1 amide bonds. The summed E-state index contributed by atoms with van der Waals surface area (Å²) in [6, 6.07) is 16.1. The lowest BCUT2D eigenvalue weighted by Crippen LogP contribution is -2.12. The van der Waals surface area contributed by atoms with Crippen LogP contribution in [0.15, 0.2) is 54.6 Å². The summed E-state index contributed by atoms with van der Waals surface area (Å²) in [4.78, 5) is 23.0. The van der Waals surface area contributed by atoms with Gasteiger partial charge < -0.3 is 15.5 Å². The lowest BCUT2D eigenvalue weighted by molar-refractivity contribution is 0.102. The topological polar surface area (TPSA) is 70.2 Å². The van der Waals surface area contributed by atoms with Crippen LogP contribution in [0.3, 0.4) is 0 Å². The van der Waals surface area contributed by atoms with Crippen LogP contribution in [-0.4, -0.2) is 30.0 Å². The summed E-state index contributed by atoms with van der Waals surface area (Å²) in [5, 5.41) is 6.63. The van der Waals surface area contributed by atoms with Crippen molar-refractivity contribution in [3.63, 3.8) is 0 Å². The Kier molecular flexibility index (Phi) is 5.57. The molecule has 138 valence electrons. The molecule has 0 fully saturated rings. The predicted molar refractivity (Wildman–Crippen MR) is 110 cm³/mol. The van der Waals surface area contributed by atoms with Crippen LogP contribution in [0.25, 0.3) is 0 Å². The number of carbonyl (C=O) groups excluding carboxylic acids is 1. The van der Waals surface area contributed by atoms with Crippen molar-refractivity contribution in [3.8, 4) is 0 Å². The molecule has 0 saturated carbocycles. The van der Waals surface area contributed by atoms with Crippen molar-refractivity contribution in [2.75, 3.05) is 29.6 Å². The molecule has 2 N–H and O–H groups in total. The number of amides is 1. The van der Waals surface area contributed by atoms with E-state index in [0.29, 0.717) is 27.9 Å². The zero-order valence-electron chi connectivity index (χ0n) is 15.3. The molecule has 0 aliphatic carbocycles. The molecule has 1 heterocycles. The third kappa shape index (κ3) is 4.95. The van der Waals surface area contributed by atoms with E-state index in [1.807, 2.05) is 56.3 Å². The minimum absolute atomic E-state index is 0.208. The Hall–Kier alpha value is -3.12. The van der Waals surface area contributed by atoms with Gasteiger partial charge in [0.15, 0.2) is 0 Å². The van der Waals surface area contributed by atoms with Gasteiger partial charge >= 0.3 is 0 Å². The highest BCUT2D eigenvalue weighted by atomic mass is 35.5. The highest BCUT2D eigenvalue weighted by Gasteiger charge is 2.07. The van der Waals surface area contributed by atoms with Crippen molar-refractivity contribution < 1.29 is 4.79 Å². The monoisotopic (exact) mass is 381 g/mol. The fraction of sp³-hybridized carbons (Fsp3) is 0.150. The molecular weight excluding hydrogens is 362 g/mol. The molecule has 1 aromatic heterocycles. The van der Waals surface area contributed by atoms with Crippen molar-refractivity contribution in [2.24, 2.45) is 0 Å². The van der Waals surface area contributed by atoms with Gasteiger partial charge in [-0.25, -0.2) is 9.97 Å². The van der Waals surface area contributed by atoms with Gasteiger partial charge in [-0.3, -0.25) is 4.79 Å². The molecule has 0 radical (unpaired) electrons. The molecular formula is C20H20ClN5O. The maximum Gasteiger partial charge on any atom is 0.255 e. The van der Waals surface area contributed by atoms with Gasteiger partial charge in [0.05, 0.1) is 0 Å². The first-order valence-corrected chi connectivity index (χ1v) is 8.75. The maximum atomic E-state index is 12.3. The van der Waals surface area contributed by atoms with Crippen LogP contribution in [0.5, 0.6) is 0 Å². The Labute approximate surface area is 163 Å². The zero-order chi connectivity index (χ0) is 19.4. The standard InChI is InChI=1S/C20H20ClN5O/c1-13-22-18(12-19(23-13)26(2)3)24-16-7-9-17(10-8-16)25-20(27)14-5-4-6-15(21)11-14/h4-12H,1-3H3,(H,25,27)(H,22,23,24). The first-order valence-electron chi connectivity index (χ1n) is 8.38. The molecule has 3 rings (SSSR count). The number of benzene rings is 2. The van der Waals surface area contributed by atoms with Crippen LogP contribution < -0.4 is 15.5 Å². The van der Waals surface area contributed by atoms with Gasteiger partial charge in [0.1, 0.15) is 17.5 Å². The van der Waals surface area contributed by atoms with Crippen LogP contribution >= 0.6 is 11.6 Å². The molecule has 7 heteroatoms. The number of hydrogen-bond donors (Lipinski definition) is 2. The van der Waals surface area contributed by atoms with E-state index in [0.717, 1.165) is 11.5 Å². The van der Waals surface area contributed by atoms with E-state index in [4.69, 9.17) is 11.6 Å². The third-order valence-electron chi connectivity index (χ3n) is 3.78. The summed E-state index contributed by atoms with van der Waals surface area (Å²) in [5.74, 6) is 2.02. The van der Waals surface area contributed by atoms with Gasteiger partial charge in [-0.1, -0.05) is 17.7 Å². The van der Waals surface area contributed by atoms with Crippen molar-refractivity contribution in [2.45, 2.75) is 6.92 Å². The quantitative estimate of drug-likeness (QED) is 0.680. The smallest absolute Gasteiger partial charge is 0.255 e. The summed E-state index contributed by atoms with van der Waals surface area (Å²) < 4.78 is 0. The summed E-state index contributed by atoms with van der Waals surface area (Å²) >= 11 is 5.93. The van der Waals surface area contributed by atoms with Gasteiger partial charge in [-0.05, 0) is 49.4 Å². The third-order valence-corrected chi connectivity index (χ3v) is 4.02. The lowest BCUT2D eigenvalue weighted by Gasteiger charge is -2.14. The first kappa shape index (κ1) is 18.7. The molecule has 0 atom stereocenters. The van der Waals surface area contributed by atoms with E-state index >= 15 is 0 Å². The number of nitrogens with zero attached hydrogens (tertiary/aromatic N) is 3. The normalized spacial score (nSPS) is 10.4. The molecule has 0 saturated heterocycles. The highest BCUT2D eigenvalue weighted by Crippen LogP contribution is 2.21. The molecule has 0 unspecified atom stereocenters. The van der Waals surface area contributed by atoms with Crippen LogP contribution in [0.2, 0.25) is 5.02 Å². The second-order valence-corrected chi connectivity index (χ2v) is 6.66. The zero-order valence-corrected chi connectivity index (χ0v) is 16.1. The van der Waals surface area contributed by atoms with Crippen molar-refractivity contribution in [1.29, 1.82) is 0 Å². The van der Waals surface area contributed by atoms with Crippen LogP contribution in [0.4, 0.5) is 23.0 Å². The lowest BCUT2D eigenvalue weighted by atomic mass is 10.2. The fourth-order valence-electron chi connectivity index (χ4n) is 2.46. The molecule has 0 aliphatic rings. The molecule has 0 spiro atoms. The molecule has 2 aromatic carbocycles. The number of rotatable bonds is 5. The van der Waals surface area contributed by atoms with Crippen molar-refractivity contribution in [1.82, 2.24) is 9.97 Å². The van der Waals surface area contributed by atoms with Crippen LogP contribution in [-0.2, 0) is 0 Å². The minimum Gasteiger partial charge on any atom is -0.363 e. The number of carbonyl (C=O) groups is 1. The number of halogens is 1. The van der Waals surface area contributed by atoms with E-state index in [9.17, 15) is 4.79 Å². The minimum atomic E-state index is -0.208. The highest BCUT2D eigenvalue weighted by molar-refractivity contribution is 6.31. The Morgan fingerprint density at radius 2 is 1.70 bits per heavy atom. The van der Waals surface area contributed by atoms with E-state index < -0.39 is 0 Å². The number of aryl methyl sites for hydroxylation is 1. The number of nitrogens with one attached hydrogen (secondary N) is 2. The van der Waals surface area contributed by atoms with Gasteiger partial charge in [-0.15, -0.1) is 0 Å². The van der Waals surface area contributed by atoms with Crippen LogP contribution in [0, 0.1) is 6.92 Å². The SMILES string of the molecule is Cc1nc(Nc2ccc(NC(=O)c3cccc(Cl)c3)cc2)cc(N(C)C)n1. The molecule has 6 nitrogen and oxygen atoms in total. The Morgan fingerprint density at radius 1 is 1.00 bits per heavy atom. The van der Waals surface area contributed by atoms with E-state index in [1.54, 1.807) is 24.3 Å². The summed E-state index contributed by atoms with van der Waals surface area (Å²) in [7, 11) is 3.87. The maximum absolute atomic E-state index is 12.3. The van der Waals surface area contributed by atoms with Crippen LogP contribution in [0.1, 0.15) is 16.2 Å². The molecule has 0 bridgehead atoms. The van der Waals surface area contributed by atoms with Crippen molar-refractivity contribution in [3.05, 3.63) is 71.0 Å². The number of anilines is 4. The van der Waals surface area contributed by atoms with Gasteiger partial charge in [0.2, 0.25) is 0 Å². The average Bonchev–Trinajstić information content (AvgIpc) is 2.63. The summed E-state index contributed by atoms with van der Waals surface area (Å²) in [6.07, 6.45) is 0. The largest absolute Gasteiger partial charge is 0.363 e. The molecule has 0 aliphatic heterocycles. The van der Waals surface area contributed by atoms with Gasteiger partial charge in [-0.2, -0.15) is 0 Å². The predicted octanol–water partition coefficient (Wildman–Crippen LogP) is 4.50. The van der Waals surface area contributed by atoms with Gasteiger partial charge in [0.25, 0.3) is 5.91 Å². The Bertz CT molecular complexity index is 957. The van der Waals surface area contributed by atoms with E-state index in [-0.39, 0.29) is 5.91 Å². The van der Waals surface area contributed by atoms with E-state index in [1.165, 1.54) is 0 Å². The summed E-state index contributed by atoms with van der Waals surface area (Å²) in [6.45, 7) is 1.85. The Balaban J connectivity index is 1.70. The first-order chi connectivity index (χ1) is 12.9. The number of aromatic nitrogens is 2. The fourth-order valence-corrected chi connectivity index (χ4v) is 2.65. The second-order valence-electron chi connectivity index (χ2n) is 6.22. The second kappa shape index (κ2) is 8.05. The Morgan fingerprint density at radius 3 is 2.37 bits per heavy atom. The van der Waals surface area contributed by atoms with Crippen molar-refractivity contribution >= 4 is 40.5 Å². The van der Waals surface area contributed by atoms with E-state index in [2.05, 4.69) is 20.6 Å². The van der Waals surface area contributed by atoms with Gasteiger partial charge in [0, 0.05) is 42.1 Å². The molecule has 3 aromatic rings. The summed E-state index contributed by atoms with van der Waals surface area (Å²) in [5.41, 5.74) is 2.06.